The van der Waals surface area contributed by atoms with Crippen LogP contribution < -0.4 is 10.1 Å². The molecule has 0 saturated carbocycles. The fourth-order valence-corrected chi connectivity index (χ4v) is 2.76. The van der Waals surface area contributed by atoms with Crippen molar-refractivity contribution in [3.63, 3.8) is 0 Å². The second kappa shape index (κ2) is 10.6. The number of fused-ring (bicyclic) bond motifs is 1. The van der Waals surface area contributed by atoms with E-state index in [9.17, 15) is 4.39 Å². The zero-order chi connectivity index (χ0) is 18.7. The topological polar surface area (TPSA) is 39.7 Å². The van der Waals surface area contributed by atoms with E-state index >= 15 is 0 Å². The summed E-state index contributed by atoms with van der Waals surface area (Å²) >= 11 is 0. The SMILES string of the molecule is [18F]CCOCCOCCOc1ccc(C#Cc2ccc3c(c2)CCN3)cc1. The number of anilines is 1. The van der Waals surface area contributed by atoms with E-state index in [0.717, 1.165) is 29.8 Å². The molecule has 0 spiro atoms. The van der Waals surface area contributed by atoms with Crippen LogP contribution in [0.4, 0.5) is 10.1 Å². The highest BCUT2D eigenvalue weighted by Gasteiger charge is 2.08. The first kappa shape index (κ1) is 19.2. The molecule has 0 radical (unpaired) electrons. The van der Waals surface area contributed by atoms with Crippen LogP contribution >= 0.6 is 0 Å². The lowest BCUT2D eigenvalue weighted by molar-refractivity contribution is 0.0325. The Labute approximate surface area is 159 Å². The number of rotatable bonds is 9. The molecule has 0 unspecified atom stereocenters. The third-order valence-electron chi connectivity index (χ3n) is 4.11. The van der Waals surface area contributed by atoms with E-state index in [1.165, 1.54) is 11.3 Å². The normalized spacial score (nSPS) is 12.0. The molecular weight excluding hydrogens is 344 g/mol. The number of alkyl halides is 1. The maximum Gasteiger partial charge on any atom is 0.119 e. The summed E-state index contributed by atoms with van der Waals surface area (Å²) < 4.78 is 27.8. The summed E-state index contributed by atoms with van der Waals surface area (Å²) in [5.74, 6) is 7.18. The van der Waals surface area contributed by atoms with Crippen LogP contribution in [0.1, 0.15) is 16.7 Å². The number of hydrogen-bond donors (Lipinski definition) is 1. The van der Waals surface area contributed by atoms with Crippen molar-refractivity contribution in [1.82, 2.24) is 0 Å². The summed E-state index contributed by atoms with van der Waals surface area (Å²) in [5.41, 5.74) is 4.53. The Morgan fingerprint density at radius 2 is 1.56 bits per heavy atom. The summed E-state index contributed by atoms with van der Waals surface area (Å²) in [4.78, 5) is 0. The van der Waals surface area contributed by atoms with E-state index in [0.29, 0.717) is 26.4 Å². The molecule has 4 nitrogen and oxygen atoms in total. The Kier molecular flexibility index (Phi) is 7.52. The van der Waals surface area contributed by atoms with E-state index in [1.54, 1.807) is 0 Å². The fourth-order valence-electron chi connectivity index (χ4n) is 2.76. The summed E-state index contributed by atoms with van der Waals surface area (Å²) in [6.07, 6.45) is 1.06. The Morgan fingerprint density at radius 1 is 0.852 bits per heavy atom. The van der Waals surface area contributed by atoms with Gasteiger partial charge in [-0.05, 0) is 54.4 Å². The van der Waals surface area contributed by atoms with Crippen LogP contribution in [0.25, 0.3) is 0 Å². The molecule has 0 amide bonds. The summed E-state index contributed by atoms with van der Waals surface area (Å²) in [7, 11) is 0. The average Bonchev–Trinajstić information content (AvgIpc) is 3.17. The molecule has 0 aliphatic carbocycles. The number of nitrogens with one attached hydrogen (secondary N) is 1. The molecule has 3 rings (SSSR count). The summed E-state index contributed by atoms with van der Waals surface area (Å²) in [5, 5.41) is 3.35. The van der Waals surface area contributed by atoms with Crippen LogP contribution in [0, 0.1) is 11.8 Å². The summed E-state index contributed by atoms with van der Waals surface area (Å²) in [6, 6.07) is 14.0. The Morgan fingerprint density at radius 3 is 2.37 bits per heavy atom. The van der Waals surface area contributed by atoms with Crippen LogP contribution in [-0.4, -0.2) is 46.3 Å². The molecular formula is C22H24FNO3. The maximum atomic E-state index is 11.8. The van der Waals surface area contributed by atoms with Crippen molar-refractivity contribution in [3.05, 3.63) is 59.2 Å². The van der Waals surface area contributed by atoms with Gasteiger partial charge in [-0.25, -0.2) is 4.39 Å². The molecule has 2 aromatic rings. The molecule has 1 heterocycles. The second-order valence-corrected chi connectivity index (χ2v) is 6.09. The van der Waals surface area contributed by atoms with Crippen LogP contribution in [0.5, 0.6) is 5.75 Å². The lowest BCUT2D eigenvalue weighted by atomic mass is 10.1. The molecule has 1 aliphatic heterocycles. The quantitative estimate of drug-likeness (QED) is 0.544. The Hall–Kier alpha value is -2.55. The number of hydrogen-bond acceptors (Lipinski definition) is 4. The van der Waals surface area contributed by atoms with Crippen molar-refractivity contribution in [1.29, 1.82) is 0 Å². The predicted molar refractivity (Wildman–Crippen MR) is 104 cm³/mol. The van der Waals surface area contributed by atoms with Gasteiger partial charge in [0.25, 0.3) is 0 Å². The van der Waals surface area contributed by atoms with Gasteiger partial charge in [0.05, 0.1) is 26.4 Å². The highest BCUT2D eigenvalue weighted by Crippen LogP contribution is 2.22. The molecule has 1 aliphatic rings. The molecule has 0 aromatic heterocycles. The first-order chi connectivity index (χ1) is 13.3. The zero-order valence-corrected chi connectivity index (χ0v) is 15.3. The van der Waals surface area contributed by atoms with Gasteiger partial charge < -0.3 is 19.5 Å². The molecule has 0 fully saturated rings. The van der Waals surface area contributed by atoms with Crippen molar-refractivity contribution < 1.29 is 18.6 Å². The molecule has 0 bridgehead atoms. The minimum atomic E-state index is -0.464. The van der Waals surface area contributed by atoms with Crippen molar-refractivity contribution >= 4 is 5.69 Å². The third-order valence-corrected chi connectivity index (χ3v) is 4.11. The number of ether oxygens (including phenoxy) is 3. The molecule has 27 heavy (non-hydrogen) atoms. The van der Waals surface area contributed by atoms with Gasteiger partial charge in [-0.2, -0.15) is 0 Å². The summed E-state index contributed by atoms with van der Waals surface area (Å²) in [6.45, 7) is 2.43. The number of benzene rings is 2. The van der Waals surface area contributed by atoms with Crippen LogP contribution in [-0.2, 0) is 15.9 Å². The van der Waals surface area contributed by atoms with E-state index in [4.69, 9.17) is 14.2 Å². The zero-order valence-electron chi connectivity index (χ0n) is 15.3. The van der Waals surface area contributed by atoms with Crippen LogP contribution in [0.15, 0.2) is 42.5 Å². The van der Waals surface area contributed by atoms with Gasteiger partial charge in [-0.3, -0.25) is 0 Å². The van der Waals surface area contributed by atoms with Gasteiger partial charge in [-0.1, -0.05) is 11.8 Å². The van der Waals surface area contributed by atoms with Gasteiger partial charge in [0.2, 0.25) is 0 Å². The minimum absolute atomic E-state index is 0.124. The first-order valence-electron chi connectivity index (χ1n) is 9.18. The molecule has 0 saturated heterocycles. The van der Waals surface area contributed by atoms with Gasteiger partial charge >= 0.3 is 0 Å². The average molecular weight is 368 g/mol. The van der Waals surface area contributed by atoms with Gasteiger partial charge in [-0.15, -0.1) is 0 Å². The molecule has 2 aromatic carbocycles. The lowest BCUT2D eigenvalue weighted by Gasteiger charge is -2.07. The molecule has 142 valence electrons. The fraction of sp³-hybridized carbons (Fsp3) is 0.364. The van der Waals surface area contributed by atoms with Crippen LogP contribution in [0.2, 0.25) is 0 Å². The predicted octanol–water partition coefficient (Wildman–Crippen LogP) is 3.44. The van der Waals surface area contributed by atoms with Gasteiger partial charge in [0.15, 0.2) is 0 Å². The molecule has 5 heteroatoms. The van der Waals surface area contributed by atoms with Gasteiger partial charge in [0.1, 0.15) is 19.0 Å². The minimum Gasteiger partial charge on any atom is -0.491 e. The third kappa shape index (κ3) is 6.28. The lowest BCUT2D eigenvalue weighted by Crippen LogP contribution is -2.11. The largest absolute Gasteiger partial charge is 0.491 e. The van der Waals surface area contributed by atoms with Gasteiger partial charge in [0, 0.05) is 23.4 Å². The van der Waals surface area contributed by atoms with Crippen molar-refractivity contribution in [2.45, 2.75) is 6.42 Å². The highest BCUT2D eigenvalue weighted by molar-refractivity contribution is 5.59. The van der Waals surface area contributed by atoms with E-state index in [1.807, 2.05) is 30.3 Å². The van der Waals surface area contributed by atoms with Crippen molar-refractivity contribution in [2.24, 2.45) is 0 Å². The second-order valence-electron chi connectivity index (χ2n) is 6.09. The first-order valence-corrected chi connectivity index (χ1v) is 9.18. The molecule has 1 N–H and O–H groups in total. The van der Waals surface area contributed by atoms with E-state index < -0.39 is 6.67 Å². The smallest absolute Gasteiger partial charge is 0.119 e. The molecule has 0 atom stereocenters. The maximum absolute atomic E-state index is 11.8. The van der Waals surface area contributed by atoms with Crippen molar-refractivity contribution in [2.75, 3.05) is 51.6 Å². The van der Waals surface area contributed by atoms with Crippen molar-refractivity contribution in [3.8, 4) is 17.6 Å². The Balaban J connectivity index is 1.40. The van der Waals surface area contributed by atoms with E-state index in [2.05, 4.69) is 29.3 Å². The highest BCUT2D eigenvalue weighted by atomic mass is 18.2. The number of halogens is 1. The Bertz CT molecular complexity index is 780. The van der Waals surface area contributed by atoms with Crippen LogP contribution in [0.3, 0.4) is 0 Å². The monoisotopic (exact) mass is 368 g/mol. The van der Waals surface area contributed by atoms with E-state index in [-0.39, 0.29) is 6.61 Å². The standard InChI is InChI=1S/C22H24FNO3/c23-10-12-25-13-14-26-15-16-27-21-6-3-18(4-7-21)1-2-19-5-8-22-20(17-19)9-11-24-22/h3-8,17,24H,9-16H2/i23-1.